The van der Waals surface area contributed by atoms with Gasteiger partial charge in [0, 0.05) is 4.47 Å². The van der Waals surface area contributed by atoms with Crippen molar-refractivity contribution in [1.29, 1.82) is 5.26 Å². The Kier molecular flexibility index (Phi) is 4.69. The van der Waals surface area contributed by atoms with E-state index in [4.69, 9.17) is 4.74 Å². The summed E-state index contributed by atoms with van der Waals surface area (Å²) in [6, 6.07) is 15.7. The molecule has 108 valence electrons. The predicted octanol–water partition coefficient (Wildman–Crippen LogP) is 5.80. The van der Waals surface area contributed by atoms with Gasteiger partial charge in [0.25, 0.3) is 0 Å². The Morgan fingerprint density at radius 1 is 1.14 bits per heavy atom. The molecule has 0 atom stereocenters. The van der Waals surface area contributed by atoms with E-state index in [1.54, 1.807) is 6.07 Å². The minimum atomic E-state index is 0.159. The van der Waals surface area contributed by atoms with Gasteiger partial charge in [-0.3, -0.25) is 0 Å². The van der Waals surface area contributed by atoms with Crippen LogP contribution in [0.15, 0.2) is 46.9 Å². The van der Waals surface area contributed by atoms with Crippen LogP contribution in [0, 0.1) is 11.3 Å². The average molecular weight is 344 g/mol. The van der Waals surface area contributed by atoms with Crippen molar-refractivity contribution in [3.63, 3.8) is 0 Å². The van der Waals surface area contributed by atoms with E-state index in [-0.39, 0.29) is 5.41 Å². The molecular weight excluding hydrogens is 326 g/mol. The molecule has 0 radical (unpaired) electrons. The first kappa shape index (κ1) is 15.6. The van der Waals surface area contributed by atoms with Crippen LogP contribution in [0.3, 0.4) is 0 Å². The molecule has 0 aliphatic rings. The van der Waals surface area contributed by atoms with Crippen LogP contribution >= 0.6 is 15.9 Å². The van der Waals surface area contributed by atoms with Gasteiger partial charge < -0.3 is 4.74 Å². The van der Waals surface area contributed by atoms with Gasteiger partial charge in [0.2, 0.25) is 0 Å². The van der Waals surface area contributed by atoms with E-state index in [0.717, 1.165) is 16.6 Å². The second-order valence-electron chi connectivity index (χ2n) is 5.59. The summed E-state index contributed by atoms with van der Waals surface area (Å²) in [7, 11) is 0. The Morgan fingerprint density at radius 3 is 2.38 bits per heavy atom. The first-order valence-electron chi connectivity index (χ1n) is 6.95. The molecule has 0 unspecified atom stereocenters. The fourth-order valence-corrected chi connectivity index (χ4v) is 2.44. The molecule has 2 aromatic rings. The highest BCUT2D eigenvalue weighted by Gasteiger charge is 2.17. The normalized spacial score (nSPS) is 11.0. The molecule has 0 saturated heterocycles. The van der Waals surface area contributed by atoms with Crippen molar-refractivity contribution in [2.75, 3.05) is 0 Å². The monoisotopic (exact) mass is 343 g/mol. The zero-order valence-electron chi connectivity index (χ0n) is 12.5. The number of rotatable bonds is 4. The second kappa shape index (κ2) is 6.32. The standard InChI is InChI=1S/C18H18BrNO/c1-4-18(2,3)13-8-10-14(11-9-13)21-17-7-5-6-16(19)15(17)12-20/h5-11H,4H2,1-3H3. The Labute approximate surface area is 134 Å². The number of hydrogen-bond acceptors (Lipinski definition) is 2. The third-order valence-corrected chi connectivity index (χ3v) is 4.50. The van der Waals surface area contributed by atoms with E-state index < -0.39 is 0 Å². The molecule has 0 bridgehead atoms. The quantitative estimate of drug-likeness (QED) is 0.702. The molecule has 21 heavy (non-hydrogen) atoms. The Morgan fingerprint density at radius 2 is 1.81 bits per heavy atom. The van der Waals surface area contributed by atoms with Crippen LogP contribution in [0.25, 0.3) is 0 Å². The summed E-state index contributed by atoms with van der Waals surface area (Å²) in [5, 5.41) is 9.20. The molecule has 0 saturated carbocycles. The Bertz CT molecular complexity index is 669. The smallest absolute Gasteiger partial charge is 0.146 e. The minimum Gasteiger partial charge on any atom is -0.456 e. The SMILES string of the molecule is CCC(C)(C)c1ccc(Oc2cccc(Br)c2C#N)cc1. The van der Waals surface area contributed by atoms with Crippen molar-refractivity contribution in [3.8, 4) is 17.6 Å². The summed E-state index contributed by atoms with van der Waals surface area (Å²) in [6.07, 6.45) is 1.08. The molecule has 0 spiro atoms. The molecule has 2 aromatic carbocycles. The Balaban J connectivity index is 2.26. The second-order valence-corrected chi connectivity index (χ2v) is 6.44. The highest BCUT2D eigenvalue weighted by atomic mass is 79.9. The van der Waals surface area contributed by atoms with Crippen molar-refractivity contribution in [2.24, 2.45) is 0 Å². The minimum absolute atomic E-state index is 0.159. The highest BCUT2D eigenvalue weighted by Crippen LogP contribution is 2.32. The topological polar surface area (TPSA) is 33.0 Å². The highest BCUT2D eigenvalue weighted by molar-refractivity contribution is 9.10. The van der Waals surface area contributed by atoms with Gasteiger partial charge in [-0.2, -0.15) is 5.26 Å². The third kappa shape index (κ3) is 3.46. The molecule has 0 aliphatic carbocycles. The first-order valence-corrected chi connectivity index (χ1v) is 7.74. The molecule has 0 aromatic heterocycles. The fraction of sp³-hybridized carbons (Fsp3) is 0.278. The van der Waals surface area contributed by atoms with Crippen molar-refractivity contribution >= 4 is 15.9 Å². The summed E-state index contributed by atoms with van der Waals surface area (Å²) in [4.78, 5) is 0. The lowest BCUT2D eigenvalue weighted by Gasteiger charge is -2.23. The zero-order valence-corrected chi connectivity index (χ0v) is 14.1. The van der Waals surface area contributed by atoms with Crippen LogP contribution in [0.5, 0.6) is 11.5 Å². The lowest BCUT2D eigenvalue weighted by Crippen LogP contribution is -2.14. The average Bonchev–Trinajstić information content (AvgIpc) is 2.48. The van der Waals surface area contributed by atoms with E-state index in [1.165, 1.54) is 5.56 Å². The predicted molar refractivity (Wildman–Crippen MR) is 88.7 cm³/mol. The van der Waals surface area contributed by atoms with Crippen molar-refractivity contribution < 1.29 is 4.74 Å². The fourth-order valence-electron chi connectivity index (χ4n) is 2.00. The van der Waals surface area contributed by atoms with Crippen LogP contribution in [-0.2, 0) is 5.41 Å². The van der Waals surface area contributed by atoms with Gasteiger partial charge in [0.1, 0.15) is 23.1 Å². The molecule has 0 N–H and O–H groups in total. The van der Waals surface area contributed by atoms with Crippen molar-refractivity contribution in [3.05, 3.63) is 58.1 Å². The maximum atomic E-state index is 9.20. The van der Waals surface area contributed by atoms with Gasteiger partial charge in [-0.05, 0) is 57.6 Å². The van der Waals surface area contributed by atoms with E-state index in [1.807, 2.05) is 24.3 Å². The summed E-state index contributed by atoms with van der Waals surface area (Å²) in [6.45, 7) is 6.64. The number of nitriles is 1. The molecule has 0 fully saturated rings. The van der Waals surface area contributed by atoms with E-state index in [0.29, 0.717) is 11.3 Å². The summed E-state index contributed by atoms with van der Waals surface area (Å²) < 4.78 is 6.57. The van der Waals surface area contributed by atoms with Gasteiger partial charge >= 0.3 is 0 Å². The summed E-state index contributed by atoms with van der Waals surface area (Å²) in [5.41, 5.74) is 1.95. The molecule has 0 amide bonds. The van der Waals surface area contributed by atoms with Gasteiger partial charge in [0.05, 0.1) is 0 Å². The van der Waals surface area contributed by atoms with Crippen molar-refractivity contribution in [1.82, 2.24) is 0 Å². The van der Waals surface area contributed by atoms with Gasteiger partial charge in [-0.25, -0.2) is 0 Å². The molecule has 2 rings (SSSR count). The van der Waals surface area contributed by atoms with Crippen LogP contribution < -0.4 is 4.74 Å². The number of hydrogen-bond donors (Lipinski definition) is 0. The van der Waals surface area contributed by atoms with E-state index >= 15 is 0 Å². The molecular formula is C18H18BrNO. The number of nitrogens with zero attached hydrogens (tertiary/aromatic N) is 1. The first-order chi connectivity index (χ1) is 9.97. The third-order valence-electron chi connectivity index (χ3n) is 3.83. The van der Waals surface area contributed by atoms with Gasteiger partial charge in [0.15, 0.2) is 0 Å². The van der Waals surface area contributed by atoms with Crippen LogP contribution in [0.1, 0.15) is 38.3 Å². The lowest BCUT2D eigenvalue weighted by molar-refractivity contribution is 0.476. The summed E-state index contributed by atoms with van der Waals surface area (Å²) in [5.74, 6) is 1.30. The molecule has 3 heteroatoms. The number of ether oxygens (including phenoxy) is 1. The van der Waals surface area contributed by atoms with E-state index in [2.05, 4.69) is 54.9 Å². The van der Waals surface area contributed by atoms with Gasteiger partial charge in [-0.15, -0.1) is 0 Å². The van der Waals surface area contributed by atoms with Crippen LogP contribution in [0.2, 0.25) is 0 Å². The maximum absolute atomic E-state index is 9.20. The van der Waals surface area contributed by atoms with Gasteiger partial charge in [-0.1, -0.05) is 39.0 Å². The largest absolute Gasteiger partial charge is 0.456 e. The van der Waals surface area contributed by atoms with E-state index in [9.17, 15) is 5.26 Å². The molecule has 0 aliphatic heterocycles. The van der Waals surface area contributed by atoms with Crippen LogP contribution in [0.4, 0.5) is 0 Å². The summed E-state index contributed by atoms with van der Waals surface area (Å²) >= 11 is 3.37. The molecule has 2 nitrogen and oxygen atoms in total. The molecule has 0 heterocycles. The zero-order chi connectivity index (χ0) is 15.5. The van der Waals surface area contributed by atoms with Crippen LogP contribution in [-0.4, -0.2) is 0 Å². The maximum Gasteiger partial charge on any atom is 0.146 e. The van der Waals surface area contributed by atoms with Crippen molar-refractivity contribution in [2.45, 2.75) is 32.6 Å². The Hall–Kier alpha value is -1.79. The number of halogens is 1. The number of benzene rings is 2. The lowest BCUT2D eigenvalue weighted by atomic mass is 9.82.